The van der Waals surface area contributed by atoms with Gasteiger partial charge in [-0.05, 0) is 0 Å². The Kier molecular flexibility index (Phi) is 2.10. The predicted octanol–water partition coefficient (Wildman–Crippen LogP) is -2.56. The standard InChI is InChI=1S/C8H10IN4/c1-9-5-3-13(2)8-6(5)7(10)11-4-12-8/h3-4H,1-2H3,(H2,10,11,12)/q-1. The molecule has 5 heteroatoms. The second-order valence-electron chi connectivity index (χ2n) is 2.73. The molecule has 0 atom stereocenters. The number of nitrogen functional groups attached to an aromatic ring is 1. The minimum absolute atomic E-state index is 0.0304. The number of halogens is 1. The van der Waals surface area contributed by atoms with Gasteiger partial charge in [0, 0.05) is 0 Å². The molecule has 0 radical (unpaired) electrons. The molecule has 0 spiro atoms. The Bertz CT molecular complexity index is 449. The van der Waals surface area contributed by atoms with Crippen molar-refractivity contribution in [3.05, 3.63) is 16.1 Å². The van der Waals surface area contributed by atoms with Crippen molar-refractivity contribution >= 4 is 16.9 Å². The van der Waals surface area contributed by atoms with Gasteiger partial charge in [0.25, 0.3) is 0 Å². The van der Waals surface area contributed by atoms with Crippen LogP contribution in [0.4, 0.5) is 5.82 Å². The molecule has 0 amide bonds. The van der Waals surface area contributed by atoms with Crippen LogP contribution in [0.5, 0.6) is 0 Å². The zero-order valence-electron chi connectivity index (χ0n) is 7.45. The summed E-state index contributed by atoms with van der Waals surface area (Å²) in [4.78, 5) is 10.4. The fourth-order valence-electron chi connectivity index (χ4n) is 1.32. The summed E-state index contributed by atoms with van der Waals surface area (Å²) in [5.41, 5.74) is 6.73. The van der Waals surface area contributed by atoms with E-state index in [2.05, 4.69) is 21.1 Å². The SMILES string of the molecule is C[I-]c1cn(C)c2ncnc(N)c12. The number of nitrogens with two attached hydrogens (primary N) is 1. The van der Waals surface area contributed by atoms with Crippen molar-refractivity contribution in [1.82, 2.24) is 14.5 Å². The van der Waals surface area contributed by atoms with Gasteiger partial charge in [0.05, 0.1) is 0 Å². The van der Waals surface area contributed by atoms with Crippen LogP contribution < -0.4 is 26.9 Å². The third kappa shape index (κ3) is 1.27. The second-order valence-corrected chi connectivity index (χ2v) is 4.98. The first-order chi connectivity index (χ1) is 6.24. The average Bonchev–Trinajstić information content (AvgIpc) is 2.45. The van der Waals surface area contributed by atoms with E-state index in [-0.39, 0.29) is 21.2 Å². The summed E-state index contributed by atoms with van der Waals surface area (Å²) >= 11 is 0.0304. The number of nitrogens with zero attached hydrogens (tertiary/aromatic N) is 3. The monoisotopic (exact) mass is 289 g/mol. The summed E-state index contributed by atoms with van der Waals surface area (Å²) in [6.45, 7) is 0. The molecule has 0 saturated heterocycles. The van der Waals surface area contributed by atoms with Gasteiger partial charge in [0.1, 0.15) is 0 Å². The van der Waals surface area contributed by atoms with Crippen LogP contribution in [0.1, 0.15) is 0 Å². The van der Waals surface area contributed by atoms with Gasteiger partial charge in [-0.3, -0.25) is 0 Å². The Labute approximate surface area is 86.4 Å². The van der Waals surface area contributed by atoms with Crippen LogP contribution in [0.15, 0.2) is 12.5 Å². The van der Waals surface area contributed by atoms with Crippen molar-refractivity contribution in [2.45, 2.75) is 0 Å². The molecule has 2 aromatic heterocycles. The number of rotatable bonds is 1. The number of alkyl halides is 1. The normalized spacial score (nSPS) is 11.2. The van der Waals surface area contributed by atoms with Crippen LogP contribution >= 0.6 is 0 Å². The Balaban J connectivity index is 2.89. The molecule has 2 heterocycles. The van der Waals surface area contributed by atoms with Gasteiger partial charge in [-0.2, -0.15) is 0 Å². The van der Waals surface area contributed by atoms with E-state index in [0.29, 0.717) is 5.82 Å². The number of hydrogen-bond donors (Lipinski definition) is 1. The number of fused-ring (bicyclic) bond motifs is 1. The fraction of sp³-hybridized carbons (Fsp3) is 0.250. The molecule has 0 aromatic carbocycles. The number of aromatic nitrogens is 3. The molecule has 0 unspecified atom stereocenters. The first-order valence-corrected chi connectivity index (χ1v) is 7.02. The number of aryl methyl sites for hydroxylation is 1. The first-order valence-electron chi connectivity index (χ1n) is 3.79. The molecular weight excluding hydrogens is 279 g/mol. The summed E-state index contributed by atoms with van der Waals surface area (Å²) in [7, 11) is 1.98. The van der Waals surface area contributed by atoms with Crippen molar-refractivity contribution in [3.63, 3.8) is 0 Å². The quantitative estimate of drug-likeness (QED) is 0.464. The number of anilines is 1. The maximum atomic E-state index is 5.80. The molecule has 4 nitrogen and oxygen atoms in total. The van der Waals surface area contributed by atoms with Gasteiger partial charge < -0.3 is 0 Å². The molecule has 70 valence electrons. The summed E-state index contributed by atoms with van der Waals surface area (Å²) < 4.78 is 3.32. The van der Waals surface area contributed by atoms with Gasteiger partial charge in [-0.25, -0.2) is 0 Å². The third-order valence-corrected chi connectivity index (χ3v) is 3.92. The predicted molar refractivity (Wildman–Crippen MR) is 47.5 cm³/mol. The zero-order chi connectivity index (χ0) is 9.42. The van der Waals surface area contributed by atoms with E-state index in [1.165, 1.54) is 9.90 Å². The molecule has 0 aliphatic rings. The molecular formula is C8H10IN4-. The van der Waals surface area contributed by atoms with E-state index >= 15 is 0 Å². The second kappa shape index (κ2) is 3.13. The molecule has 2 rings (SSSR count). The molecule has 13 heavy (non-hydrogen) atoms. The Morgan fingerprint density at radius 3 is 2.92 bits per heavy atom. The van der Waals surface area contributed by atoms with Gasteiger partial charge in [-0.1, -0.05) is 0 Å². The van der Waals surface area contributed by atoms with Gasteiger partial charge in [0.2, 0.25) is 0 Å². The number of hydrogen-bond acceptors (Lipinski definition) is 3. The minimum atomic E-state index is 0.0304. The van der Waals surface area contributed by atoms with Crippen molar-refractivity contribution in [2.24, 2.45) is 7.05 Å². The van der Waals surface area contributed by atoms with Crippen molar-refractivity contribution in [1.29, 1.82) is 0 Å². The van der Waals surface area contributed by atoms with E-state index in [1.54, 1.807) is 0 Å². The van der Waals surface area contributed by atoms with Gasteiger partial charge in [0.15, 0.2) is 0 Å². The molecule has 2 N–H and O–H groups in total. The van der Waals surface area contributed by atoms with Gasteiger partial charge >= 0.3 is 86.4 Å². The van der Waals surface area contributed by atoms with Crippen LogP contribution in [0.25, 0.3) is 11.0 Å². The van der Waals surface area contributed by atoms with Crippen molar-refractivity contribution in [2.75, 3.05) is 10.7 Å². The summed E-state index contributed by atoms with van der Waals surface area (Å²) in [6.07, 6.45) is 3.61. The van der Waals surface area contributed by atoms with E-state index in [4.69, 9.17) is 5.73 Å². The molecule has 0 aliphatic heterocycles. The van der Waals surface area contributed by atoms with Crippen LogP contribution in [0, 0.1) is 3.57 Å². The van der Waals surface area contributed by atoms with Crippen molar-refractivity contribution in [3.8, 4) is 0 Å². The summed E-state index contributed by atoms with van der Waals surface area (Å²) in [5.74, 6) is 0.599. The maximum absolute atomic E-state index is 5.80. The van der Waals surface area contributed by atoms with Crippen LogP contribution in [-0.2, 0) is 7.05 Å². The fourth-order valence-corrected chi connectivity index (χ4v) is 3.08. The van der Waals surface area contributed by atoms with E-state index in [1.807, 2.05) is 11.6 Å². The topological polar surface area (TPSA) is 56.7 Å². The molecule has 0 bridgehead atoms. The Hall–Kier alpha value is -0.850. The van der Waals surface area contributed by atoms with E-state index < -0.39 is 0 Å². The van der Waals surface area contributed by atoms with E-state index in [0.717, 1.165) is 11.0 Å². The third-order valence-electron chi connectivity index (χ3n) is 1.94. The van der Waals surface area contributed by atoms with Gasteiger partial charge in [-0.15, -0.1) is 0 Å². The Morgan fingerprint density at radius 1 is 1.46 bits per heavy atom. The van der Waals surface area contributed by atoms with Crippen LogP contribution in [-0.4, -0.2) is 19.5 Å². The van der Waals surface area contributed by atoms with E-state index in [9.17, 15) is 0 Å². The van der Waals surface area contributed by atoms with Crippen LogP contribution in [0.2, 0.25) is 0 Å². The molecule has 0 aliphatic carbocycles. The van der Waals surface area contributed by atoms with Crippen molar-refractivity contribution < 1.29 is 21.2 Å². The first kappa shape index (κ1) is 8.74. The molecule has 0 saturated carbocycles. The van der Waals surface area contributed by atoms with Crippen LogP contribution in [0.3, 0.4) is 0 Å². The summed E-state index contributed by atoms with van der Waals surface area (Å²) in [5, 5.41) is 1.04. The zero-order valence-corrected chi connectivity index (χ0v) is 9.61. The molecule has 2 aromatic rings. The summed E-state index contributed by atoms with van der Waals surface area (Å²) in [6, 6.07) is 0. The molecule has 0 fully saturated rings. The Morgan fingerprint density at radius 2 is 2.23 bits per heavy atom. The average molecular weight is 289 g/mol.